The summed E-state index contributed by atoms with van der Waals surface area (Å²) in [5.74, 6) is 0.805. The van der Waals surface area contributed by atoms with Crippen molar-refractivity contribution >= 4 is 17.5 Å². The molecule has 3 aromatic rings. The van der Waals surface area contributed by atoms with Crippen LogP contribution in [0.3, 0.4) is 0 Å². The highest BCUT2D eigenvalue weighted by atomic mass is 16.5. The molecule has 1 aromatic heterocycles. The first-order valence-corrected chi connectivity index (χ1v) is 11.1. The number of benzene rings is 2. The quantitative estimate of drug-likeness (QED) is 0.615. The molecule has 7 nitrogen and oxygen atoms in total. The summed E-state index contributed by atoms with van der Waals surface area (Å²) in [5, 5.41) is 2.87. The number of ether oxygens (including phenoxy) is 1. The van der Waals surface area contributed by atoms with Gasteiger partial charge in [-0.05, 0) is 56.9 Å². The summed E-state index contributed by atoms with van der Waals surface area (Å²) in [7, 11) is 1.58. The second-order valence-corrected chi connectivity index (χ2v) is 8.21. The molecule has 7 heteroatoms. The zero-order valence-corrected chi connectivity index (χ0v) is 19.2. The summed E-state index contributed by atoms with van der Waals surface area (Å²) in [6, 6.07) is 14.6. The van der Waals surface area contributed by atoms with Crippen LogP contribution in [0.1, 0.15) is 63.1 Å². The van der Waals surface area contributed by atoms with E-state index in [1.54, 1.807) is 26.3 Å². The molecule has 1 saturated heterocycles. The molecule has 33 heavy (non-hydrogen) atoms. The maximum absolute atomic E-state index is 13.5. The Morgan fingerprint density at radius 1 is 1.03 bits per heavy atom. The Balaban J connectivity index is 1.59. The molecule has 0 bridgehead atoms. The summed E-state index contributed by atoms with van der Waals surface area (Å²) >= 11 is 0. The average molecular weight is 445 g/mol. The number of methoxy groups -OCH3 is 1. The van der Waals surface area contributed by atoms with Crippen LogP contribution in [-0.2, 0) is 0 Å². The lowest BCUT2D eigenvalue weighted by atomic mass is 9.99. The SMILES string of the molecule is COc1c(C)cccc1C(=O)N1CCCCC1c1ncc(C(=O)Nc2ccccc2)c(C)n1. The van der Waals surface area contributed by atoms with Crippen molar-refractivity contribution in [1.82, 2.24) is 14.9 Å². The number of likely N-dealkylation sites (tertiary alicyclic amines) is 1. The minimum absolute atomic E-state index is 0.0904. The third-order valence-corrected chi connectivity index (χ3v) is 5.98. The predicted molar refractivity (Wildman–Crippen MR) is 127 cm³/mol. The smallest absolute Gasteiger partial charge is 0.259 e. The van der Waals surface area contributed by atoms with Gasteiger partial charge in [-0.25, -0.2) is 9.97 Å². The van der Waals surface area contributed by atoms with Gasteiger partial charge in [0.05, 0.1) is 30.0 Å². The molecular formula is C26H28N4O3. The zero-order valence-electron chi connectivity index (χ0n) is 19.2. The van der Waals surface area contributed by atoms with Crippen LogP contribution in [0.4, 0.5) is 5.69 Å². The molecule has 2 heterocycles. The van der Waals surface area contributed by atoms with E-state index in [0.29, 0.717) is 40.6 Å². The monoisotopic (exact) mass is 444 g/mol. The molecule has 170 valence electrons. The molecular weight excluding hydrogens is 416 g/mol. The van der Waals surface area contributed by atoms with Crippen molar-refractivity contribution in [3.63, 3.8) is 0 Å². The summed E-state index contributed by atoms with van der Waals surface area (Å²) in [5.41, 5.74) is 3.16. The molecule has 1 aliphatic heterocycles. The van der Waals surface area contributed by atoms with Crippen LogP contribution in [0.15, 0.2) is 54.7 Å². The zero-order chi connectivity index (χ0) is 23.4. The largest absolute Gasteiger partial charge is 0.496 e. The number of aromatic nitrogens is 2. The van der Waals surface area contributed by atoms with Crippen LogP contribution in [0.25, 0.3) is 0 Å². The third-order valence-electron chi connectivity index (χ3n) is 5.98. The number of anilines is 1. The van der Waals surface area contributed by atoms with Crippen LogP contribution >= 0.6 is 0 Å². The minimum atomic E-state index is -0.258. The Kier molecular flexibility index (Phi) is 6.68. The Morgan fingerprint density at radius 2 is 1.82 bits per heavy atom. The lowest BCUT2D eigenvalue weighted by molar-refractivity contribution is 0.0595. The molecule has 4 rings (SSSR count). The molecule has 0 aliphatic carbocycles. The number of rotatable bonds is 5. The predicted octanol–water partition coefficient (Wildman–Crippen LogP) is 4.72. The number of hydrogen-bond donors (Lipinski definition) is 1. The van der Waals surface area contributed by atoms with Gasteiger partial charge in [0, 0.05) is 18.4 Å². The second kappa shape index (κ2) is 9.81. The molecule has 0 saturated carbocycles. The van der Waals surface area contributed by atoms with Crippen LogP contribution in [0.5, 0.6) is 5.75 Å². The summed E-state index contributed by atoms with van der Waals surface area (Å²) < 4.78 is 5.52. The summed E-state index contributed by atoms with van der Waals surface area (Å²) in [6.45, 7) is 4.35. The van der Waals surface area contributed by atoms with Gasteiger partial charge in [0.15, 0.2) is 5.82 Å². The standard InChI is InChI=1S/C26H28N4O3/c1-17-10-9-13-20(23(17)33-3)26(32)30-15-8-7-14-22(30)24-27-16-21(18(2)28-24)25(31)29-19-11-5-4-6-12-19/h4-6,9-13,16,22H,7-8,14-15H2,1-3H3,(H,29,31). The Morgan fingerprint density at radius 3 is 2.55 bits per heavy atom. The van der Waals surface area contributed by atoms with E-state index in [0.717, 1.165) is 24.8 Å². The van der Waals surface area contributed by atoms with Crippen LogP contribution in [0, 0.1) is 13.8 Å². The van der Waals surface area contributed by atoms with Gasteiger partial charge in [0.25, 0.3) is 11.8 Å². The number of nitrogens with zero attached hydrogens (tertiary/aromatic N) is 3. The van der Waals surface area contributed by atoms with E-state index >= 15 is 0 Å². The van der Waals surface area contributed by atoms with Gasteiger partial charge in [0.2, 0.25) is 0 Å². The summed E-state index contributed by atoms with van der Waals surface area (Å²) in [6.07, 6.45) is 4.24. The van der Waals surface area contributed by atoms with E-state index in [1.165, 1.54) is 0 Å². The van der Waals surface area contributed by atoms with E-state index in [-0.39, 0.29) is 17.9 Å². The number of hydrogen-bond acceptors (Lipinski definition) is 5. The van der Waals surface area contributed by atoms with Gasteiger partial charge in [-0.2, -0.15) is 0 Å². The first-order chi connectivity index (χ1) is 16.0. The van der Waals surface area contributed by atoms with Crippen LogP contribution in [-0.4, -0.2) is 40.3 Å². The van der Waals surface area contributed by atoms with Crippen molar-refractivity contribution in [3.8, 4) is 5.75 Å². The Bertz CT molecular complexity index is 1160. The highest BCUT2D eigenvalue weighted by molar-refractivity contribution is 6.04. The Labute approximate surface area is 193 Å². The van der Waals surface area contributed by atoms with Gasteiger partial charge in [-0.3, -0.25) is 9.59 Å². The van der Waals surface area contributed by atoms with E-state index in [4.69, 9.17) is 4.74 Å². The van der Waals surface area contributed by atoms with Crippen molar-refractivity contribution in [3.05, 3.63) is 82.9 Å². The van der Waals surface area contributed by atoms with Crippen molar-refractivity contribution in [2.75, 3.05) is 19.0 Å². The molecule has 1 unspecified atom stereocenters. The van der Waals surface area contributed by atoms with Gasteiger partial charge in [-0.1, -0.05) is 30.3 Å². The van der Waals surface area contributed by atoms with Gasteiger partial charge in [-0.15, -0.1) is 0 Å². The maximum Gasteiger partial charge on any atom is 0.259 e. The molecule has 2 amide bonds. The molecule has 1 aliphatic rings. The number of aryl methyl sites for hydroxylation is 2. The molecule has 0 spiro atoms. The van der Waals surface area contributed by atoms with E-state index in [9.17, 15) is 9.59 Å². The fourth-order valence-corrected chi connectivity index (χ4v) is 4.28. The first-order valence-electron chi connectivity index (χ1n) is 11.1. The van der Waals surface area contributed by atoms with Gasteiger partial charge >= 0.3 is 0 Å². The number of piperidine rings is 1. The first kappa shape index (κ1) is 22.5. The molecule has 1 fully saturated rings. The number of nitrogens with one attached hydrogen (secondary N) is 1. The van der Waals surface area contributed by atoms with Crippen LogP contribution < -0.4 is 10.1 Å². The lowest BCUT2D eigenvalue weighted by Gasteiger charge is -2.35. The topological polar surface area (TPSA) is 84.4 Å². The van der Waals surface area contributed by atoms with E-state index < -0.39 is 0 Å². The molecule has 1 atom stereocenters. The number of para-hydroxylation sites is 2. The molecule has 0 radical (unpaired) electrons. The maximum atomic E-state index is 13.5. The van der Waals surface area contributed by atoms with E-state index in [2.05, 4.69) is 15.3 Å². The summed E-state index contributed by atoms with van der Waals surface area (Å²) in [4.78, 5) is 37.2. The molecule has 1 N–H and O–H groups in total. The van der Waals surface area contributed by atoms with E-state index in [1.807, 2.05) is 54.3 Å². The fourth-order valence-electron chi connectivity index (χ4n) is 4.28. The van der Waals surface area contributed by atoms with Gasteiger partial charge < -0.3 is 15.0 Å². The average Bonchev–Trinajstić information content (AvgIpc) is 2.84. The van der Waals surface area contributed by atoms with Crippen molar-refractivity contribution in [1.29, 1.82) is 0 Å². The number of carbonyl (C=O) groups is 2. The van der Waals surface area contributed by atoms with Gasteiger partial charge in [0.1, 0.15) is 5.75 Å². The van der Waals surface area contributed by atoms with Crippen molar-refractivity contribution < 1.29 is 14.3 Å². The normalized spacial score (nSPS) is 15.7. The lowest BCUT2D eigenvalue weighted by Crippen LogP contribution is -2.39. The minimum Gasteiger partial charge on any atom is -0.496 e. The number of carbonyl (C=O) groups excluding carboxylic acids is 2. The number of amides is 2. The highest BCUT2D eigenvalue weighted by Gasteiger charge is 2.32. The third kappa shape index (κ3) is 4.72. The van der Waals surface area contributed by atoms with Crippen LogP contribution in [0.2, 0.25) is 0 Å². The molecule has 2 aromatic carbocycles. The van der Waals surface area contributed by atoms with Crippen molar-refractivity contribution in [2.24, 2.45) is 0 Å². The highest BCUT2D eigenvalue weighted by Crippen LogP contribution is 2.33. The van der Waals surface area contributed by atoms with Crippen molar-refractivity contribution in [2.45, 2.75) is 39.2 Å². The Hall–Kier alpha value is -3.74. The second-order valence-electron chi connectivity index (χ2n) is 8.21. The fraction of sp³-hybridized carbons (Fsp3) is 0.308.